The summed E-state index contributed by atoms with van der Waals surface area (Å²) in [5.41, 5.74) is 2.08. The zero-order chi connectivity index (χ0) is 14.7. The molecule has 1 aliphatic rings. The van der Waals surface area contributed by atoms with Crippen molar-refractivity contribution in [2.45, 2.75) is 31.7 Å². The van der Waals surface area contributed by atoms with E-state index in [9.17, 15) is 9.90 Å². The van der Waals surface area contributed by atoms with Gasteiger partial charge in [-0.1, -0.05) is 12.8 Å². The van der Waals surface area contributed by atoms with Gasteiger partial charge in [0.15, 0.2) is 0 Å². The average molecular weight is 285 g/mol. The largest absolute Gasteiger partial charge is 0.396 e. The van der Waals surface area contributed by atoms with Crippen LogP contribution >= 0.6 is 0 Å². The first kappa shape index (κ1) is 13.9. The van der Waals surface area contributed by atoms with E-state index in [0.29, 0.717) is 11.1 Å². The quantitative estimate of drug-likeness (QED) is 0.903. The third-order valence-corrected chi connectivity index (χ3v) is 4.19. The number of aliphatic hydroxyl groups is 1. The van der Waals surface area contributed by atoms with Crippen molar-refractivity contribution in [1.82, 2.24) is 15.3 Å². The smallest absolute Gasteiger partial charge is 0.251 e. The first-order valence-corrected chi connectivity index (χ1v) is 7.40. The molecule has 2 N–H and O–H groups in total. The number of carbonyl (C=O) groups is 1. The Morgan fingerprint density at radius 2 is 1.95 bits per heavy atom. The van der Waals surface area contributed by atoms with Crippen LogP contribution in [0.1, 0.15) is 36.0 Å². The summed E-state index contributed by atoms with van der Waals surface area (Å²) in [4.78, 5) is 20.8. The first-order valence-electron chi connectivity index (χ1n) is 7.40. The van der Waals surface area contributed by atoms with Gasteiger partial charge in [-0.05, 0) is 31.0 Å². The summed E-state index contributed by atoms with van der Waals surface area (Å²) in [6.45, 7) is 0.133. The second-order valence-corrected chi connectivity index (χ2v) is 5.57. The van der Waals surface area contributed by atoms with Crippen LogP contribution in [-0.2, 0) is 0 Å². The molecule has 2 atom stereocenters. The Morgan fingerprint density at radius 1 is 1.19 bits per heavy atom. The van der Waals surface area contributed by atoms with Gasteiger partial charge in [-0.15, -0.1) is 0 Å². The van der Waals surface area contributed by atoms with Crippen molar-refractivity contribution in [3.05, 3.63) is 36.2 Å². The van der Waals surface area contributed by atoms with Gasteiger partial charge in [0, 0.05) is 36.5 Å². The molecule has 21 heavy (non-hydrogen) atoms. The fourth-order valence-corrected chi connectivity index (χ4v) is 2.97. The van der Waals surface area contributed by atoms with Crippen LogP contribution in [0.15, 0.2) is 30.6 Å². The number of nitrogens with one attached hydrogen (secondary N) is 1. The van der Waals surface area contributed by atoms with E-state index in [1.165, 1.54) is 0 Å². The van der Waals surface area contributed by atoms with Crippen LogP contribution in [-0.4, -0.2) is 33.6 Å². The van der Waals surface area contributed by atoms with Crippen LogP contribution in [0.25, 0.3) is 11.0 Å². The van der Waals surface area contributed by atoms with Crippen molar-refractivity contribution in [3.63, 3.8) is 0 Å². The van der Waals surface area contributed by atoms with E-state index in [1.54, 1.807) is 24.5 Å². The number of amides is 1. The van der Waals surface area contributed by atoms with Crippen molar-refractivity contribution in [2.75, 3.05) is 6.61 Å². The topological polar surface area (TPSA) is 75.1 Å². The van der Waals surface area contributed by atoms with Gasteiger partial charge >= 0.3 is 0 Å². The molecule has 0 spiro atoms. The minimum absolute atomic E-state index is 0.0637. The molecule has 0 bridgehead atoms. The molecule has 1 fully saturated rings. The lowest BCUT2D eigenvalue weighted by molar-refractivity contribution is 0.0872. The van der Waals surface area contributed by atoms with E-state index in [0.717, 1.165) is 31.2 Å². The first-order chi connectivity index (χ1) is 10.3. The average Bonchev–Trinajstić information content (AvgIpc) is 2.55. The molecule has 1 heterocycles. The summed E-state index contributed by atoms with van der Waals surface area (Å²) in [7, 11) is 0. The van der Waals surface area contributed by atoms with Crippen molar-refractivity contribution in [2.24, 2.45) is 5.92 Å². The molecule has 2 unspecified atom stereocenters. The Morgan fingerprint density at radius 3 is 2.76 bits per heavy atom. The molecule has 3 rings (SSSR count). The van der Waals surface area contributed by atoms with Crippen molar-refractivity contribution in [3.8, 4) is 0 Å². The third kappa shape index (κ3) is 3.03. The Bertz CT molecular complexity index is 644. The van der Waals surface area contributed by atoms with Crippen molar-refractivity contribution in [1.29, 1.82) is 0 Å². The van der Waals surface area contributed by atoms with Gasteiger partial charge in [-0.3, -0.25) is 14.8 Å². The van der Waals surface area contributed by atoms with Crippen LogP contribution in [0, 0.1) is 5.92 Å². The zero-order valence-corrected chi connectivity index (χ0v) is 11.8. The number of aromatic nitrogens is 2. The summed E-state index contributed by atoms with van der Waals surface area (Å²) < 4.78 is 0. The van der Waals surface area contributed by atoms with E-state index in [1.807, 2.05) is 6.07 Å². The van der Waals surface area contributed by atoms with Crippen LogP contribution in [0.4, 0.5) is 0 Å². The lowest BCUT2D eigenvalue weighted by Gasteiger charge is -2.30. The van der Waals surface area contributed by atoms with Gasteiger partial charge in [0.05, 0.1) is 11.0 Å². The molecular weight excluding hydrogens is 266 g/mol. The highest BCUT2D eigenvalue weighted by molar-refractivity contribution is 5.97. The van der Waals surface area contributed by atoms with Gasteiger partial charge < -0.3 is 10.4 Å². The highest BCUT2D eigenvalue weighted by Gasteiger charge is 2.26. The molecule has 0 aliphatic heterocycles. The second kappa shape index (κ2) is 6.18. The molecule has 0 saturated heterocycles. The Kier molecular flexibility index (Phi) is 4.10. The molecule has 1 amide bonds. The van der Waals surface area contributed by atoms with Gasteiger partial charge in [0.2, 0.25) is 0 Å². The van der Waals surface area contributed by atoms with Gasteiger partial charge in [0.25, 0.3) is 5.91 Å². The van der Waals surface area contributed by atoms with E-state index in [-0.39, 0.29) is 24.5 Å². The number of carbonyl (C=O) groups excluding carboxylic acids is 1. The Balaban J connectivity index is 1.76. The number of hydrogen-bond donors (Lipinski definition) is 2. The number of aliphatic hydroxyl groups excluding tert-OH is 1. The molecular formula is C16H19N3O2. The highest BCUT2D eigenvalue weighted by atomic mass is 16.3. The summed E-state index contributed by atoms with van der Waals surface area (Å²) >= 11 is 0. The fraction of sp³-hybridized carbons (Fsp3) is 0.438. The molecule has 110 valence electrons. The lowest BCUT2D eigenvalue weighted by atomic mass is 9.85. The fourth-order valence-electron chi connectivity index (χ4n) is 2.97. The highest BCUT2D eigenvalue weighted by Crippen LogP contribution is 2.24. The summed E-state index contributed by atoms with van der Waals surface area (Å²) in [6, 6.07) is 5.40. The number of benzene rings is 1. The Labute approximate surface area is 123 Å². The standard InChI is InChI=1S/C16H19N3O2/c20-10-12-3-1-2-4-13(12)19-16(21)11-5-6-14-15(9-11)18-8-7-17-14/h5-9,12-13,20H,1-4,10H2,(H,19,21). The Hall–Kier alpha value is -2.01. The predicted molar refractivity (Wildman–Crippen MR) is 79.8 cm³/mol. The van der Waals surface area contributed by atoms with Gasteiger partial charge in [0.1, 0.15) is 0 Å². The number of nitrogens with zero attached hydrogens (tertiary/aromatic N) is 2. The van der Waals surface area contributed by atoms with Crippen LogP contribution in [0.2, 0.25) is 0 Å². The van der Waals surface area contributed by atoms with Gasteiger partial charge in [-0.2, -0.15) is 0 Å². The van der Waals surface area contributed by atoms with E-state index in [2.05, 4.69) is 15.3 Å². The molecule has 5 heteroatoms. The lowest BCUT2D eigenvalue weighted by Crippen LogP contribution is -2.43. The third-order valence-electron chi connectivity index (χ3n) is 4.19. The maximum atomic E-state index is 12.4. The van der Waals surface area contributed by atoms with E-state index >= 15 is 0 Å². The maximum Gasteiger partial charge on any atom is 0.251 e. The monoisotopic (exact) mass is 285 g/mol. The molecule has 0 radical (unpaired) electrons. The molecule has 1 aromatic heterocycles. The predicted octanol–water partition coefficient (Wildman–Crippen LogP) is 1.91. The summed E-state index contributed by atoms with van der Waals surface area (Å²) in [5, 5.41) is 12.5. The summed E-state index contributed by atoms with van der Waals surface area (Å²) in [5.74, 6) is 0.0656. The molecule has 1 aromatic carbocycles. The van der Waals surface area contributed by atoms with Crippen LogP contribution < -0.4 is 5.32 Å². The van der Waals surface area contributed by atoms with Crippen LogP contribution in [0.5, 0.6) is 0 Å². The minimum atomic E-state index is -0.104. The number of hydrogen-bond acceptors (Lipinski definition) is 4. The normalized spacial score (nSPS) is 22.1. The number of fused-ring (bicyclic) bond motifs is 1. The molecule has 1 aliphatic carbocycles. The maximum absolute atomic E-state index is 12.4. The van der Waals surface area contributed by atoms with Crippen molar-refractivity contribution < 1.29 is 9.90 Å². The SMILES string of the molecule is O=C(NC1CCCCC1CO)c1ccc2nccnc2c1. The molecule has 1 saturated carbocycles. The van der Waals surface area contributed by atoms with Crippen molar-refractivity contribution >= 4 is 16.9 Å². The second-order valence-electron chi connectivity index (χ2n) is 5.57. The zero-order valence-electron chi connectivity index (χ0n) is 11.8. The number of rotatable bonds is 3. The van der Waals surface area contributed by atoms with Gasteiger partial charge in [-0.25, -0.2) is 0 Å². The molecule has 2 aromatic rings. The van der Waals surface area contributed by atoms with E-state index in [4.69, 9.17) is 0 Å². The summed E-state index contributed by atoms with van der Waals surface area (Å²) in [6.07, 6.45) is 7.39. The van der Waals surface area contributed by atoms with E-state index < -0.39 is 0 Å². The molecule has 5 nitrogen and oxygen atoms in total. The minimum Gasteiger partial charge on any atom is -0.396 e. The van der Waals surface area contributed by atoms with Crippen LogP contribution in [0.3, 0.4) is 0 Å².